The quantitative estimate of drug-likeness (QED) is 0.233. The van der Waals surface area contributed by atoms with Crippen molar-refractivity contribution in [1.29, 1.82) is 0 Å². The number of hydrazone groups is 1. The summed E-state index contributed by atoms with van der Waals surface area (Å²) in [5, 5.41) is 21.0. The highest BCUT2D eigenvalue weighted by Crippen LogP contribution is 2.52. The molecule has 1 aromatic heterocycles. The minimum atomic E-state index is -1.37. The Labute approximate surface area is 226 Å². The summed E-state index contributed by atoms with van der Waals surface area (Å²) in [6.45, 7) is 0. The average Bonchev–Trinajstić information content (AvgIpc) is 3.68. The van der Waals surface area contributed by atoms with Crippen LogP contribution in [0.3, 0.4) is 0 Å². The van der Waals surface area contributed by atoms with E-state index in [4.69, 9.17) is 14.3 Å². The first-order valence-corrected chi connectivity index (χ1v) is 13.1. The van der Waals surface area contributed by atoms with Crippen molar-refractivity contribution in [3.8, 4) is 17.1 Å². The number of nitrogens with zero attached hydrogens (tertiary/aromatic N) is 3. The first kappa shape index (κ1) is 23.3. The van der Waals surface area contributed by atoms with Crippen molar-refractivity contribution in [2.75, 3.05) is 0 Å². The summed E-state index contributed by atoms with van der Waals surface area (Å²) in [6, 6.07) is 27.3. The van der Waals surface area contributed by atoms with Crippen LogP contribution in [-0.2, 0) is 0 Å². The highest BCUT2D eigenvalue weighted by molar-refractivity contribution is 8.17. The maximum Gasteiger partial charge on any atom is 0.314 e. The molecule has 4 aromatic rings. The van der Waals surface area contributed by atoms with Crippen molar-refractivity contribution in [2.45, 2.75) is 18.3 Å². The Morgan fingerprint density at radius 2 is 1.79 bits per heavy atom. The van der Waals surface area contributed by atoms with Crippen LogP contribution >= 0.6 is 11.8 Å². The molecule has 0 radical (unpaired) electrons. The Morgan fingerprint density at radius 3 is 2.64 bits per heavy atom. The second-order valence-corrected chi connectivity index (χ2v) is 10.3. The topological polar surface area (TPSA) is 110 Å². The van der Waals surface area contributed by atoms with Gasteiger partial charge in [0.2, 0.25) is 0 Å². The second kappa shape index (κ2) is 8.88. The number of carbonyl (C=O) groups is 1. The van der Waals surface area contributed by atoms with E-state index in [1.807, 2.05) is 59.6 Å². The van der Waals surface area contributed by atoms with E-state index in [0.717, 1.165) is 28.6 Å². The van der Waals surface area contributed by atoms with Crippen LogP contribution in [0.5, 0.6) is 5.75 Å². The number of carbonyl (C=O) groups excluding carboxylic acids is 1. The summed E-state index contributed by atoms with van der Waals surface area (Å²) < 4.78 is 12.6. The molecule has 0 saturated carbocycles. The molecule has 192 valence electrons. The van der Waals surface area contributed by atoms with E-state index in [-0.39, 0.29) is 17.0 Å². The van der Waals surface area contributed by atoms with Crippen molar-refractivity contribution in [2.24, 2.45) is 5.10 Å². The molecule has 0 aliphatic carbocycles. The monoisotopic (exact) mass is 536 g/mol. The zero-order valence-corrected chi connectivity index (χ0v) is 21.1. The third kappa shape index (κ3) is 3.79. The van der Waals surface area contributed by atoms with Gasteiger partial charge in [-0.05, 0) is 47.7 Å². The Kier molecular flexibility index (Phi) is 5.31. The van der Waals surface area contributed by atoms with E-state index in [0.29, 0.717) is 34.2 Å². The Bertz CT molecular complexity index is 1700. The molecule has 0 bridgehead atoms. The molecule has 10 heteroatoms. The number of furan rings is 1. The fourth-order valence-electron chi connectivity index (χ4n) is 5.22. The first-order valence-electron chi connectivity index (χ1n) is 12.3. The van der Waals surface area contributed by atoms with Crippen LogP contribution in [-0.4, -0.2) is 26.7 Å². The van der Waals surface area contributed by atoms with Crippen molar-refractivity contribution in [1.82, 2.24) is 10.3 Å². The van der Waals surface area contributed by atoms with Crippen LogP contribution in [0.1, 0.15) is 29.3 Å². The molecule has 3 aromatic carbocycles. The van der Waals surface area contributed by atoms with Crippen molar-refractivity contribution >= 4 is 34.5 Å². The number of hydrogen-bond donors (Lipinski definition) is 1. The van der Waals surface area contributed by atoms with E-state index in [1.165, 1.54) is 6.07 Å². The molecule has 1 N–H and O–H groups in total. The third-order valence-electron chi connectivity index (χ3n) is 6.95. The SMILES string of the molecule is O=C1NC2(Oc3ccccc3C3CC(c4ccccc4)=NN32)C(=Cc2ccc(-c3ccccc3[N+](=O)[O-])o2)S1. The minimum Gasteiger partial charge on any atom is -0.456 e. The molecule has 7 rings (SSSR count). The van der Waals surface area contributed by atoms with Gasteiger partial charge in [0.25, 0.3) is 10.9 Å². The maximum atomic E-state index is 12.9. The number of nitro groups is 1. The summed E-state index contributed by atoms with van der Waals surface area (Å²) >= 11 is 1.01. The van der Waals surface area contributed by atoms with Gasteiger partial charge in [-0.2, -0.15) is 5.10 Å². The van der Waals surface area contributed by atoms with Gasteiger partial charge in [0.15, 0.2) is 0 Å². The van der Waals surface area contributed by atoms with Crippen LogP contribution in [0.2, 0.25) is 0 Å². The van der Waals surface area contributed by atoms with Gasteiger partial charge in [-0.1, -0.05) is 60.7 Å². The second-order valence-electron chi connectivity index (χ2n) is 9.26. The lowest BCUT2D eigenvalue weighted by molar-refractivity contribution is -0.384. The Hall–Kier alpha value is -4.83. The van der Waals surface area contributed by atoms with Gasteiger partial charge in [-0.15, -0.1) is 0 Å². The molecule has 39 heavy (non-hydrogen) atoms. The summed E-state index contributed by atoms with van der Waals surface area (Å²) in [5.41, 5.74) is 3.20. The predicted molar refractivity (Wildman–Crippen MR) is 147 cm³/mol. The number of rotatable bonds is 4. The van der Waals surface area contributed by atoms with Crippen LogP contribution in [0.25, 0.3) is 17.4 Å². The summed E-state index contributed by atoms with van der Waals surface area (Å²) in [4.78, 5) is 24.5. The number of amides is 1. The van der Waals surface area contributed by atoms with Gasteiger partial charge in [0.1, 0.15) is 17.3 Å². The average molecular weight is 537 g/mol. The van der Waals surface area contributed by atoms with E-state index < -0.39 is 10.8 Å². The molecule has 3 aliphatic heterocycles. The van der Waals surface area contributed by atoms with Crippen molar-refractivity contribution in [3.05, 3.63) is 123 Å². The van der Waals surface area contributed by atoms with Crippen LogP contribution in [0.4, 0.5) is 10.5 Å². The van der Waals surface area contributed by atoms with Crippen molar-refractivity contribution in [3.63, 3.8) is 0 Å². The number of fused-ring (bicyclic) bond motifs is 4. The van der Waals surface area contributed by atoms with Crippen LogP contribution in [0, 0.1) is 10.1 Å². The fraction of sp³-hybridized carbons (Fsp3) is 0.103. The molecule has 2 unspecified atom stereocenters. The largest absolute Gasteiger partial charge is 0.456 e. The van der Waals surface area contributed by atoms with E-state index in [2.05, 4.69) is 5.32 Å². The van der Waals surface area contributed by atoms with E-state index in [1.54, 1.807) is 36.4 Å². The van der Waals surface area contributed by atoms with E-state index in [9.17, 15) is 14.9 Å². The zero-order chi connectivity index (χ0) is 26.6. The molecule has 4 heterocycles. The molecule has 2 atom stereocenters. The lowest BCUT2D eigenvalue weighted by Gasteiger charge is -2.44. The number of nitrogens with one attached hydrogen (secondary N) is 1. The van der Waals surface area contributed by atoms with Gasteiger partial charge >= 0.3 is 5.85 Å². The fourth-order valence-corrected chi connectivity index (χ4v) is 6.10. The Balaban J connectivity index is 1.33. The highest BCUT2D eigenvalue weighted by atomic mass is 32.2. The standard InChI is InChI=1S/C29H20N4O5S/c34-28-30-29(27(39-28)16-19-14-15-25(37-19)20-10-4-6-12-23(20)33(35)36)32-24(21-11-5-7-13-26(21)38-29)17-22(31-32)18-8-2-1-3-9-18/h1-16,24H,17H2,(H,30,34). The van der Waals surface area contributed by atoms with Crippen molar-refractivity contribution < 1.29 is 18.9 Å². The van der Waals surface area contributed by atoms with E-state index >= 15 is 0 Å². The van der Waals surface area contributed by atoms with Crippen LogP contribution in [0.15, 0.2) is 105 Å². The number of benzene rings is 3. The lowest BCUT2D eigenvalue weighted by Crippen LogP contribution is -2.61. The van der Waals surface area contributed by atoms with Crippen LogP contribution < -0.4 is 10.1 Å². The molecular weight excluding hydrogens is 516 g/mol. The molecule has 1 saturated heterocycles. The number of ether oxygens (including phenoxy) is 1. The first-order chi connectivity index (χ1) is 19.0. The van der Waals surface area contributed by atoms with Gasteiger partial charge < -0.3 is 9.15 Å². The van der Waals surface area contributed by atoms with Gasteiger partial charge in [-0.25, -0.2) is 5.01 Å². The molecule has 1 fully saturated rings. The molecule has 9 nitrogen and oxygen atoms in total. The Morgan fingerprint density at radius 1 is 1.03 bits per heavy atom. The summed E-state index contributed by atoms with van der Waals surface area (Å²) in [5.74, 6) is 0.0658. The number of hydrogen-bond acceptors (Lipinski definition) is 8. The summed E-state index contributed by atoms with van der Waals surface area (Å²) in [7, 11) is 0. The number of para-hydroxylation sites is 2. The molecule has 1 amide bonds. The molecular formula is C29H20N4O5S. The normalized spacial score (nSPS) is 22.3. The van der Waals surface area contributed by atoms with Gasteiger partial charge in [0.05, 0.1) is 27.1 Å². The third-order valence-corrected chi connectivity index (χ3v) is 7.85. The smallest absolute Gasteiger partial charge is 0.314 e. The zero-order valence-electron chi connectivity index (χ0n) is 20.3. The maximum absolute atomic E-state index is 12.9. The number of nitro benzene ring substituents is 1. The minimum absolute atomic E-state index is 0.0514. The molecule has 1 spiro atoms. The van der Waals surface area contributed by atoms with Gasteiger partial charge in [-0.3, -0.25) is 20.2 Å². The molecule has 3 aliphatic rings. The lowest BCUT2D eigenvalue weighted by atomic mass is 9.96. The number of thioether (sulfide) groups is 1. The highest BCUT2D eigenvalue weighted by Gasteiger charge is 2.58. The summed E-state index contributed by atoms with van der Waals surface area (Å²) in [6.07, 6.45) is 2.37. The van der Waals surface area contributed by atoms with Gasteiger partial charge in [0, 0.05) is 18.1 Å². The predicted octanol–water partition coefficient (Wildman–Crippen LogP) is 6.55.